The molecule has 6 N–H and O–H groups in total. The second-order valence-corrected chi connectivity index (χ2v) is 7.78. The van der Waals surface area contributed by atoms with Crippen molar-refractivity contribution in [2.45, 2.75) is 30.7 Å². The summed E-state index contributed by atoms with van der Waals surface area (Å²) in [6.45, 7) is -0.664. The number of phenolic OH excluding ortho intramolecular Hbond substituents is 2. The Morgan fingerprint density at radius 3 is 2.34 bits per heavy atom. The quantitative estimate of drug-likeness (QED) is 0.272. The number of methoxy groups -OCH3 is 2. The van der Waals surface area contributed by atoms with Crippen LogP contribution in [0, 0.1) is 0 Å². The minimum absolute atomic E-state index is 0.0195. The maximum Gasteiger partial charge on any atom is 0.229 e. The Kier molecular flexibility index (Phi) is 6.74. The molecule has 1 aliphatic rings. The van der Waals surface area contributed by atoms with Crippen molar-refractivity contribution in [2.24, 2.45) is 0 Å². The topological polar surface area (TPSA) is 189 Å². The summed E-state index contributed by atoms with van der Waals surface area (Å²) in [7, 11) is 2.65. The van der Waals surface area contributed by atoms with E-state index in [0.717, 1.165) is 6.07 Å². The first-order valence-electron chi connectivity index (χ1n) is 10.4. The lowest BCUT2D eigenvalue weighted by Gasteiger charge is -2.39. The Bertz CT molecular complexity index is 1280. The van der Waals surface area contributed by atoms with Crippen LogP contribution in [0.15, 0.2) is 39.5 Å². The van der Waals surface area contributed by atoms with Gasteiger partial charge in [0.15, 0.2) is 16.8 Å². The summed E-state index contributed by atoms with van der Waals surface area (Å²) in [5.41, 5.74) is -0.941. The number of hydrogen-bond acceptors (Lipinski definition) is 12. The molecule has 1 saturated heterocycles. The molecule has 0 saturated carbocycles. The summed E-state index contributed by atoms with van der Waals surface area (Å²) in [6.07, 6.45) is -7.78. The van der Waals surface area contributed by atoms with E-state index in [1.165, 1.54) is 38.5 Å². The van der Waals surface area contributed by atoms with Crippen LogP contribution < -0.4 is 19.6 Å². The van der Waals surface area contributed by atoms with Gasteiger partial charge < -0.3 is 54.0 Å². The van der Waals surface area contributed by atoms with Gasteiger partial charge >= 0.3 is 0 Å². The molecule has 2 heterocycles. The molecular formula is C23H24O12. The Labute approximate surface area is 197 Å². The van der Waals surface area contributed by atoms with E-state index in [0.29, 0.717) is 0 Å². The van der Waals surface area contributed by atoms with Crippen LogP contribution in [0.3, 0.4) is 0 Å². The molecule has 5 unspecified atom stereocenters. The highest BCUT2D eigenvalue weighted by Crippen LogP contribution is 2.44. The van der Waals surface area contributed by atoms with Gasteiger partial charge in [0.25, 0.3) is 0 Å². The predicted molar refractivity (Wildman–Crippen MR) is 119 cm³/mol. The normalized spacial score (nSPS) is 24.3. The lowest BCUT2D eigenvalue weighted by molar-refractivity contribution is -0.277. The van der Waals surface area contributed by atoms with Gasteiger partial charge in [-0.05, 0) is 12.1 Å². The Morgan fingerprint density at radius 1 is 0.943 bits per heavy atom. The Morgan fingerprint density at radius 2 is 1.69 bits per heavy atom. The van der Waals surface area contributed by atoms with Crippen molar-refractivity contribution in [1.82, 2.24) is 0 Å². The number of aromatic hydroxyl groups is 2. The zero-order valence-corrected chi connectivity index (χ0v) is 18.6. The second kappa shape index (κ2) is 9.60. The molecule has 2 aromatic carbocycles. The predicted octanol–water partition coefficient (Wildman–Crippen LogP) is 0.0671. The molecule has 0 spiro atoms. The number of aliphatic hydroxyl groups is 4. The molecular weight excluding hydrogens is 468 g/mol. The molecule has 0 radical (unpaired) electrons. The summed E-state index contributed by atoms with van der Waals surface area (Å²) in [5.74, 6) is -0.985. The molecule has 1 fully saturated rings. The van der Waals surface area contributed by atoms with Crippen molar-refractivity contribution >= 4 is 11.0 Å². The molecule has 3 aromatic rings. The van der Waals surface area contributed by atoms with Gasteiger partial charge in [-0.15, -0.1) is 0 Å². The number of aliphatic hydroxyl groups excluding tert-OH is 4. The molecule has 12 heteroatoms. The molecule has 0 amide bonds. The van der Waals surface area contributed by atoms with Gasteiger partial charge in [0.1, 0.15) is 58.4 Å². The van der Waals surface area contributed by atoms with E-state index < -0.39 is 48.5 Å². The van der Waals surface area contributed by atoms with E-state index in [4.69, 9.17) is 23.4 Å². The molecule has 35 heavy (non-hydrogen) atoms. The van der Waals surface area contributed by atoms with Crippen molar-refractivity contribution in [3.63, 3.8) is 0 Å². The molecule has 0 bridgehead atoms. The van der Waals surface area contributed by atoms with Crippen LogP contribution in [0.1, 0.15) is 0 Å². The largest absolute Gasteiger partial charge is 0.507 e. The van der Waals surface area contributed by atoms with Gasteiger partial charge in [0, 0.05) is 12.1 Å². The third-order valence-electron chi connectivity index (χ3n) is 5.67. The SMILES string of the molecule is COc1cc(O)c2c(=O)cc(-c3c(O)cccc3OC3OC(CO)C(O)C(O)C3O)oc2c1OC. The highest BCUT2D eigenvalue weighted by atomic mass is 16.7. The van der Waals surface area contributed by atoms with Crippen LogP contribution in [0.25, 0.3) is 22.3 Å². The van der Waals surface area contributed by atoms with Gasteiger partial charge in [-0.25, -0.2) is 0 Å². The molecule has 188 valence electrons. The smallest absolute Gasteiger partial charge is 0.229 e. The maximum absolute atomic E-state index is 12.9. The minimum Gasteiger partial charge on any atom is -0.507 e. The van der Waals surface area contributed by atoms with E-state index in [1.807, 2.05) is 0 Å². The lowest BCUT2D eigenvalue weighted by atomic mass is 9.99. The van der Waals surface area contributed by atoms with Crippen molar-refractivity contribution in [3.05, 3.63) is 40.6 Å². The lowest BCUT2D eigenvalue weighted by Crippen LogP contribution is -2.60. The van der Waals surface area contributed by atoms with Crippen molar-refractivity contribution in [3.8, 4) is 40.1 Å². The van der Waals surface area contributed by atoms with E-state index >= 15 is 0 Å². The summed E-state index contributed by atoms with van der Waals surface area (Å²) in [5, 5.41) is 60.5. The number of benzene rings is 2. The van der Waals surface area contributed by atoms with Crippen molar-refractivity contribution < 1.29 is 54.0 Å². The number of hydrogen-bond donors (Lipinski definition) is 6. The van der Waals surface area contributed by atoms with Gasteiger partial charge in [0.05, 0.1) is 20.8 Å². The van der Waals surface area contributed by atoms with E-state index in [-0.39, 0.29) is 45.3 Å². The third-order valence-corrected chi connectivity index (χ3v) is 5.67. The highest BCUT2D eigenvalue weighted by Gasteiger charge is 2.45. The fourth-order valence-electron chi connectivity index (χ4n) is 3.89. The van der Waals surface area contributed by atoms with Gasteiger partial charge in [0.2, 0.25) is 12.0 Å². The highest BCUT2D eigenvalue weighted by molar-refractivity contribution is 5.92. The fraction of sp³-hybridized carbons (Fsp3) is 0.348. The minimum atomic E-state index is -1.71. The number of phenols is 2. The monoisotopic (exact) mass is 492 g/mol. The number of rotatable bonds is 6. The van der Waals surface area contributed by atoms with Crippen LogP contribution in [-0.2, 0) is 4.74 Å². The maximum atomic E-state index is 12.9. The summed E-state index contributed by atoms with van der Waals surface area (Å²) in [6, 6.07) is 6.29. The summed E-state index contributed by atoms with van der Waals surface area (Å²) >= 11 is 0. The average Bonchev–Trinajstić information content (AvgIpc) is 2.83. The fourth-order valence-corrected chi connectivity index (χ4v) is 3.89. The van der Waals surface area contributed by atoms with Crippen LogP contribution in [-0.4, -0.2) is 82.2 Å². The first-order valence-corrected chi connectivity index (χ1v) is 10.4. The van der Waals surface area contributed by atoms with Gasteiger partial charge in [-0.2, -0.15) is 0 Å². The van der Waals surface area contributed by atoms with Gasteiger partial charge in [-0.1, -0.05) is 6.07 Å². The van der Waals surface area contributed by atoms with Crippen LogP contribution in [0.5, 0.6) is 28.7 Å². The first kappa shape index (κ1) is 24.6. The van der Waals surface area contributed by atoms with Crippen LogP contribution in [0.4, 0.5) is 0 Å². The van der Waals surface area contributed by atoms with E-state index in [1.54, 1.807) is 0 Å². The molecule has 0 aliphatic carbocycles. The third kappa shape index (κ3) is 4.22. The molecule has 5 atom stereocenters. The van der Waals surface area contributed by atoms with E-state index in [9.17, 15) is 35.4 Å². The van der Waals surface area contributed by atoms with Gasteiger partial charge in [-0.3, -0.25) is 4.79 Å². The van der Waals surface area contributed by atoms with E-state index in [2.05, 4.69) is 0 Å². The molecule has 4 rings (SSSR count). The summed E-state index contributed by atoms with van der Waals surface area (Å²) < 4.78 is 27.4. The average molecular weight is 492 g/mol. The number of ether oxygens (including phenoxy) is 4. The molecule has 1 aliphatic heterocycles. The number of fused-ring (bicyclic) bond motifs is 1. The second-order valence-electron chi connectivity index (χ2n) is 7.78. The first-order chi connectivity index (χ1) is 16.7. The zero-order chi connectivity index (χ0) is 25.4. The van der Waals surface area contributed by atoms with Crippen LogP contribution in [0.2, 0.25) is 0 Å². The zero-order valence-electron chi connectivity index (χ0n) is 18.6. The standard InChI is InChI=1S/C23H24O12/c1-31-14-7-11(27)16-10(26)6-13(33-22(16)21(14)32-2)17-9(25)4-3-5-12(17)34-23-20(30)19(29)18(28)15(8-24)35-23/h3-7,15,18-20,23-25,27-30H,8H2,1-2H3. The molecule has 1 aromatic heterocycles. The molecule has 12 nitrogen and oxygen atoms in total. The van der Waals surface area contributed by atoms with Crippen LogP contribution >= 0.6 is 0 Å². The Hall–Kier alpha value is -3.55. The van der Waals surface area contributed by atoms with Crippen molar-refractivity contribution in [1.29, 1.82) is 0 Å². The summed E-state index contributed by atoms with van der Waals surface area (Å²) in [4.78, 5) is 12.9. The van der Waals surface area contributed by atoms with Crippen molar-refractivity contribution in [2.75, 3.05) is 20.8 Å². The Balaban J connectivity index is 1.85.